The number of nitrogens with zero attached hydrogens (tertiary/aromatic N) is 6. The summed E-state index contributed by atoms with van der Waals surface area (Å²) < 4.78 is 44.2. The van der Waals surface area contributed by atoms with Crippen molar-refractivity contribution in [1.29, 1.82) is 0 Å². The molecule has 1 saturated heterocycles. The van der Waals surface area contributed by atoms with E-state index in [0.29, 0.717) is 6.54 Å². The number of likely N-dealkylation sites (tertiary alicyclic amines) is 1. The summed E-state index contributed by atoms with van der Waals surface area (Å²) in [5, 5.41) is 11.4. The molecular formula is C13H17F3N6O. The second kappa shape index (κ2) is 6.26. The number of aryl methyl sites for hydroxylation is 1. The molecule has 0 aromatic carbocycles. The molecule has 2 aromatic heterocycles. The molecule has 0 N–H and O–H groups in total. The van der Waals surface area contributed by atoms with Gasteiger partial charge in [0.1, 0.15) is 18.6 Å². The van der Waals surface area contributed by atoms with E-state index in [0.717, 1.165) is 31.6 Å². The zero-order valence-electron chi connectivity index (χ0n) is 12.6. The largest absolute Gasteiger partial charge is 0.423 e. The Morgan fingerprint density at radius 3 is 2.83 bits per heavy atom. The lowest BCUT2D eigenvalue weighted by Gasteiger charge is -2.32. The van der Waals surface area contributed by atoms with Crippen LogP contribution >= 0.6 is 0 Å². The molecule has 23 heavy (non-hydrogen) atoms. The smallest absolute Gasteiger partial charge is 0.397 e. The van der Waals surface area contributed by atoms with E-state index in [1.165, 1.54) is 6.33 Å². The summed E-state index contributed by atoms with van der Waals surface area (Å²) in [5.41, 5.74) is 0. The molecule has 0 aliphatic carbocycles. The van der Waals surface area contributed by atoms with Gasteiger partial charge in [0.2, 0.25) is 11.8 Å². The molecule has 0 spiro atoms. The highest BCUT2D eigenvalue weighted by Crippen LogP contribution is 2.32. The minimum atomic E-state index is -4.35. The second-order valence-corrected chi connectivity index (χ2v) is 5.61. The molecule has 1 atom stereocenters. The van der Waals surface area contributed by atoms with Crippen LogP contribution in [0.2, 0.25) is 0 Å². The third-order valence-electron chi connectivity index (χ3n) is 3.88. The highest BCUT2D eigenvalue weighted by molar-refractivity contribution is 4.96. The Bertz CT molecular complexity index is 652. The van der Waals surface area contributed by atoms with Crippen LogP contribution < -0.4 is 0 Å². The normalized spacial score (nSPS) is 20.1. The fraction of sp³-hybridized carbons (Fsp3) is 0.692. The van der Waals surface area contributed by atoms with Crippen LogP contribution in [-0.4, -0.2) is 42.6 Å². The van der Waals surface area contributed by atoms with E-state index in [1.807, 2.05) is 0 Å². The molecule has 126 valence electrons. The molecule has 2 aromatic rings. The Balaban J connectivity index is 1.75. The number of halogens is 3. The average Bonchev–Trinajstić information content (AvgIpc) is 3.08. The first kappa shape index (κ1) is 15.9. The van der Waals surface area contributed by atoms with Gasteiger partial charge in [-0.1, -0.05) is 6.42 Å². The molecule has 3 heterocycles. The van der Waals surface area contributed by atoms with Gasteiger partial charge in [-0.2, -0.15) is 18.3 Å². The van der Waals surface area contributed by atoms with Crippen molar-refractivity contribution < 1.29 is 17.6 Å². The molecule has 1 aliphatic rings. The minimum absolute atomic E-state index is 0.185. The van der Waals surface area contributed by atoms with Gasteiger partial charge >= 0.3 is 6.18 Å². The Labute approximate surface area is 130 Å². The fourth-order valence-electron chi connectivity index (χ4n) is 2.75. The Kier molecular flexibility index (Phi) is 4.33. The van der Waals surface area contributed by atoms with E-state index in [-0.39, 0.29) is 11.9 Å². The van der Waals surface area contributed by atoms with Gasteiger partial charge in [0.05, 0.1) is 12.6 Å². The summed E-state index contributed by atoms with van der Waals surface area (Å²) in [4.78, 5) is 6.28. The highest BCUT2D eigenvalue weighted by Gasteiger charge is 2.33. The summed E-state index contributed by atoms with van der Waals surface area (Å²) in [7, 11) is 1.80. The van der Waals surface area contributed by atoms with Crippen LogP contribution in [0.25, 0.3) is 0 Å². The van der Waals surface area contributed by atoms with E-state index in [4.69, 9.17) is 4.42 Å². The third kappa shape index (κ3) is 3.87. The molecule has 10 heteroatoms. The third-order valence-corrected chi connectivity index (χ3v) is 3.88. The van der Waals surface area contributed by atoms with Crippen molar-refractivity contribution in [3.05, 3.63) is 23.9 Å². The predicted molar refractivity (Wildman–Crippen MR) is 72.1 cm³/mol. The van der Waals surface area contributed by atoms with E-state index in [2.05, 4.69) is 25.2 Å². The number of rotatable bonds is 4. The number of alkyl halides is 3. The van der Waals surface area contributed by atoms with E-state index in [1.54, 1.807) is 11.7 Å². The summed E-state index contributed by atoms with van der Waals surface area (Å²) >= 11 is 0. The molecular weight excluding hydrogens is 313 g/mol. The molecule has 3 rings (SSSR count). The maximum absolute atomic E-state index is 12.4. The number of hydrogen-bond acceptors (Lipinski definition) is 6. The van der Waals surface area contributed by atoms with E-state index in [9.17, 15) is 13.2 Å². The van der Waals surface area contributed by atoms with Gasteiger partial charge < -0.3 is 4.42 Å². The molecule has 0 unspecified atom stereocenters. The van der Waals surface area contributed by atoms with E-state index < -0.39 is 18.5 Å². The molecule has 0 amide bonds. The van der Waals surface area contributed by atoms with Gasteiger partial charge in [-0.25, -0.2) is 4.98 Å². The lowest BCUT2D eigenvalue weighted by Crippen LogP contribution is -2.34. The number of aromatic nitrogens is 5. The van der Waals surface area contributed by atoms with Crippen LogP contribution in [0, 0.1) is 0 Å². The van der Waals surface area contributed by atoms with Crippen molar-refractivity contribution in [3.8, 4) is 0 Å². The van der Waals surface area contributed by atoms with Crippen LogP contribution in [0.3, 0.4) is 0 Å². The second-order valence-electron chi connectivity index (χ2n) is 5.61. The minimum Gasteiger partial charge on any atom is -0.423 e. The zero-order valence-corrected chi connectivity index (χ0v) is 12.6. The molecule has 7 nitrogen and oxygen atoms in total. The van der Waals surface area contributed by atoms with Crippen LogP contribution in [0.15, 0.2) is 10.7 Å². The zero-order chi connectivity index (χ0) is 16.4. The molecule has 0 radical (unpaired) electrons. The highest BCUT2D eigenvalue weighted by atomic mass is 19.4. The topological polar surface area (TPSA) is 72.9 Å². The van der Waals surface area contributed by atoms with Gasteiger partial charge in [0.15, 0.2) is 0 Å². The summed E-state index contributed by atoms with van der Waals surface area (Å²) in [6.45, 7) is 1.34. The summed E-state index contributed by atoms with van der Waals surface area (Å²) in [6, 6.07) is -0.185. The lowest BCUT2D eigenvalue weighted by atomic mass is 10.0. The van der Waals surface area contributed by atoms with Gasteiger partial charge in [-0.3, -0.25) is 9.58 Å². The SMILES string of the molecule is Cn1ncnc1CN1CCCC[C@H]1c1nnc(CC(F)(F)F)o1. The van der Waals surface area contributed by atoms with Crippen LogP contribution in [0.5, 0.6) is 0 Å². The van der Waals surface area contributed by atoms with Gasteiger partial charge in [-0.05, 0) is 19.4 Å². The van der Waals surface area contributed by atoms with E-state index >= 15 is 0 Å². The van der Waals surface area contributed by atoms with Gasteiger partial charge in [0, 0.05) is 7.05 Å². The standard InChI is InChI=1S/C13H17F3N6O/c1-21-10(17-8-18-21)7-22-5-3-2-4-9(22)12-20-19-11(23-12)6-13(14,15)16/h8-9H,2-7H2,1H3/t9-/m0/s1. The quantitative estimate of drug-likeness (QED) is 0.854. The lowest BCUT2D eigenvalue weighted by molar-refractivity contribution is -0.131. The Hall–Kier alpha value is -1.97. The van der Waals surface area contributed by atoms with Crippen molar-refractivity contribution >= 4 is 0 Å². The predicted octanol–water partition coefficient (Wildman–Crippen LogP) is 2.03. The molecule has 0 bridgehead atoms. The van der Waals surface area contributed by atoms with Crippen molar-refractivity contribution in [2.45, 2.75) is 44.4 Å². The first-order valence-corrected chi connectivity index (χ1v) is 7.38. The first-order chi connectivity index (χ1) is 10.9. The average molecular weight is 330 g/mol. The van der Waals surface area contributed by atoms with Gasteiger partial charge in [0.25, 0.3) is 0 Å². The Morgan fingerprint density at radius 2 is 2.13 bits per heavy atom. The molecule has 0 saturated carbocycles. The van der Waals surface area contributed by atoms with Crippen LogP contribution in [0.4, 0.5) is 13.2 Å². The van der Waals surface area contributed by atoms with Crippen molar-refractivity contribution in [3.63, 3.8) is 0 Å². The summed E-state index contributed by atoms with van der Waals surface area (Å²) in [5.74, 6) is 0.634. The van der Waals surface area contributed by atoms with Crippen LogP contribution in [-0.2, 0) is 20.0 Å². The maximum Gasteiger partial charge on any atom is 0.397 e. The number of hydrogen-bond donors (Lipinski definition) is 0. The number of piperidine rings is 1. The summed E-state index contributed by atoms with van der Waals surface area (Å²) in [6.07, 6.45) is -1.33. The van der Waals surface area contributed by atoms with Crippen molar-refractivity contribution in [2.75, 3.05) is 6.54 Å². The maximum atomic E-state index is 12.4. The monoisotopic (exact) mass is 330 g/mol. The van der Waals surface area contributed by atoms with Crippen LogP contribution in [0.1, 0.15) is 42.9 Å². The Morgan fingerprint density at radius 1 is 1.30 bits per heavy atom. The van der Waals surface area contributed by atoms with Gasteiger partial charge in [-0.15, -0.1) is 10.2 Å². The van der Waals surface area contributed by atoms with Crippen molar-refractivity contribution in [2.24, 2.45) is 7.05 Å². The molecule has 1 aliphatic heterocycles. The first-order valence-electron chi connectivity index (χ1n) is 7.38. The molecule has 1 fully saturated rings. The fourth-order valence-corrected chi connectivity index (χ4v) is 2.75. The van der Waals surface area contributed by atoms with Crippen molar-refractivity contribution in [1.82, 2.24) is 29.9 Å².